The highest BCUT2D eigenvalue weighted by Gasteiger charge is 2.40. The van der Waals surface area contributed by atoms with E-state index in [1.54, 1.807) is 0 Å². The van der Waals surface area contributed by atoms with E-state index in [0.29, 0.717) is 13.2 Å². The zero-order valence-corrected chi connectivity index (χ0v) is 9.81. The molecule has 0 bridgehead atoms. The Morgan fingerprint density at radius 2 is 1.53 bits per heavy atom. The van der Waals surface area contributed by atoms with Crippen LogP contribution in [0.3, 0.4) is 0 Å². The molecule has 9 heteroatoms. The summed E-state index contributed by atoms with van der Waals surface area (Å²) in [5.74, 6) is -4.81. The maximum absolute atomic E-state index is 10.3. The minimum Gasteiger partial charge on any atom is -0.481 e. The predicted octanol–water partition coefficient (Wildman–Crippen LogP) is -1.42. The fraction of sp³-hybridized carbons (Fsp3) is 0.600. The van der Waals surface area contributed by atoms with Crippen LogP contribution in [0.2, 0.25) is 0 Å². The van der Waals surface area contributed by atoms with Crippen molar-refractivity contribution in [3.8, 4) is 0 Å². The zero-order valence-electron chi connectivity index (χ0n) is 9.81. The van der Waals surface area contributed by atoms with E-state index in [2.05, 4.69) is 0 Å². The molecular formula is C10H14O9. The largest absolute Gasteiger partial charge is 0.481 e. The number of carbonyl (C=O) groups excluding carboxylic acids is 1. The minimum absolute atomic E-state index is 0.213. The standard InChI is InChI=1S/C6H8O7.C4H6O2/c7-3(8)1-6(13,5(11)12)2-4(9)10;5-1-4-2-6-3-4/h13H,1-2H2,(H,7,8)(H,9,10)(H,11,12);1,4H,2-3H2. The third-order valence-corrected chi connectivity index (χ3v) is 2.14. The van der Waals surface area contributed by atoms with E-state index in [4.69, 9.17) is 25.2 Å². The number of carboxylic acids is 3. The van der Waals surface area contributed by atoms with Gasteiger partial charge in [-0.2, -0.15) is 0 Å². The number of carboxylic acid groups (broad SMARTS) is 3. The molecule has 0 unspecified atom stereocenters. The monoisotopic (exact) mass is 278 g/mol. The van der Waals surface area contributed by atoms with Gasteiger partial charge in [-0.25, -0.2) is 4.79 Å². The van der Waals surface area contributed by atoms with Crippen molar-refractivity contribution in [2.24, 2.45) is 5.92 Å². The lowest BCUT2D eigenvalue weighted by atomic mass is 9.96. The molecule has 1 aliphatic heterocycles. The molecule has 0 aromatic carbocycles. The van der Waals surface area contributed by atoms with Crippen LogP contribution < -0.4 is 0 Å². The van der Waals surface area contributed by atoms with Gasteiger partial charge in [0.05, 0.1) is 32.0 Å². The van der Waals surface area contributed by atoms with Crippen molar-refractivity contribution in [1.82, 2.24) is 0 Å². The topological polar surface area (TPSA) is 158 Å². The molecule has 0 aromatic rings. The SMILES string of the molecule is O=C(O)CC(O)(CC(=O)O)C(=O)O.O=CC1COC1. The second-order valence-corrected chi connectivity index (χ2v) is 3.91. The molecule has 0 radical (unpaired) electrons. The molecule has 9 nitrogen and oxygen atoms in total. The summed E-state index contributed by atoms with van der Waals surface area (Å²) < 4.78 is 4.69. The predicted molar refractivity (Wildman–Crippen MR) is 57.5 cm³/mol. The average molecular weight is 278 g/mol. The lowest BCUT2D eigenvalue weighted by Crippen LogP contribution is -2.42. The second kappa shape index (κ2) is 7.44. The summed E-state index contributed by atoms with van der Waals surface area (Å²) >= 11 is 0. The average Bonchev–Trinajstić information content (AvgIpc) is 2.13. The van der Waals surface area contributed by atoms with Crippen molar-refractivity contribution in [1.29, 1.82) is 0 Å². The summed E-state index contributed by atoms with van der Waals surface area (Å²) in [6, 6.07) is 0. The molecule has 0 aromatic heterocycles. The van der Waals surface area contributed by atoms with Crippen LogP contribution >= 0.6 is 0 Å². The molecule has 19 heavy (non-hydrogen) atoms. The van der Waals surface area contributed by atoms with Gasteiger partial charge in [0.15, 0.2) is 5.60 Å². The van der Waals surface area contributed by atoms with Crippen LogP contribution in [0.5, 0.6) is 0 Å². The third kappa shape index (κ3) is 6.48. The quantitative estimate of drug-likeness (QED) is 0.428. The van der Waals surface area contributed by atoms with Crippen LogP contribution in [0.1, 0.15) is 12.8 Å². The van der Waals surface area contributed by atoms with Crippen molar-refractivity contribution in [3.05, 3.63) is 0 Å². The van der Waals surface area contributed by atoms with Crippen molar-refractivity contribution in [2.45, 2.75) is 18.4 Å². The Balaban J connectivity index is 0.000000443. The molecule has 1 heterocycles. The number of carbonyl (C=O) groups is 4. The first-order valence-corrected chi connectivity index (χ1v) is 5.13. The Kier molecular flexibility index (Phi) is 6.66. The molecule has 1 rings (SSSR count). The van der Waals surface area contributed by atoms with Crippen molar-refractivity contribution >= 4 is 24.2 Å². The number of hydrogen-bond donors (Lipinski definition) is 4. The van der Waals surface area contributed by atoms with Gasteiger partial charge in [0, 0.05) is 0 Å². The third-order valence-electron chi connectivity index (χ3n) is 2.14. The first kappa shape index (κ1) is 17.0. The van der Waals surface area contributed by atoms with E-state index in [-0.39, 0.29) is 5.92 Å². The fourth-order valence-corrected chi connectivity index (χ4v) is 1.05. The van der Waals surface area contributed by atoms with Crippen LogP contribution in [0.4, 0.5) is 0 Å². The van der Waals surface area contributed by atoms with Gasteiger partial charge >= 0.3 is 17.9 Å². The Morgan fingerprint density at radius 3 is 1.63 bits per heavy atom. The van der Waals surface area contributed by atoms with E-state index in [1.807, 2.05) is 0 Å². The first-order chi connectivity index (χ1) is 8.71. The van der Waals surface area contributed by atoms with Crippen LogP contribution in [0.15, 0.2) is 0 Å². The van der Waals surface area contributed by atoms with E-state index in [1.165, 1.54) is 0 Å². The minimum atomic E-state index is -2.74. The molecule has 0 amide bonds. The summed E-state index contributed by atoms with van der Waals surface area (Å²) in [6.45, 7) is 1.28. The maximum Gasteiger partial charge on any atom is 0.336 e. The number of aliphatic carboxylic acids is 3. The summed E-state index contributed by atoms with van der Waals surface area (Å²) in [4.78, 5) is 40.2. The van der Waals surface area contributed by atoms with E-state index >= 15 is 0 Å². The summed E-state index contributed by atoms with van der Waals surface area (Å²) in [6.07, 6.45) is -1.35. The van der Waals surface area contributed by atoms with Gasteiger partial charge < -0.3 is 30.0 Å². The number of rotatable bonds is 6. The molecule has 108 valence electrons. The van der Waals surface area contributed by atoms with Gasteiger partial charge in [0.1, 0.15) is 6.29 Å². The molecule has 1 aliphatic rings. The Bertz CT molecular complexity index is 342. The van der Waals surface area contributed by atoms with Gasteiger partial charge in [-0.05, 0) is 0 Å². The normalized spacial score (nSPS) is 14.6. The molecular weight excluding hydrogens is 264 g/mol. The molecule has 1 fully saturated rings. The Hall–Kier alpha value is -2.00. The molecule has 0 atom stereocenters. The fourth-order valence-electron chi connectivity index (χ4n) is 1.05. The first-order valence-electron chi connectivity index (χ1n) is 5.13. The van der Waals surface area contributed by atoms with Crippen molar-refractivity contribution in [3.63, 3.8) is 0 Å². The van der Waals surface area contributed by atoms with Gasteiger partial charge in [-0.3, -0.25) is 9.59 Å². The summed E-state index contributed by atoms with van der Waals surface area (Å²) in [7, 11) is 0. The van der Waals surface area contributed by atoms with Crippen LogP contribution in [-0.2, 0) is 23.9 Å². The highest BCUT2D eigenvalue weighted by atomic mass is 16.5. The lowest BCUT2D eigenvalue weighted by molar-refractivity contribution is -0.170. The van der Waals surface area contributed by atoms with E-state index < -0.39 is 36.4 Å². The van der Waals surface area contributed by atoms with E-state index in [9.17, 15) is 19.2 Å². The van der Waals surface area contributed by atoms with Crippen LogP contribution in [0, 0.1) is 5.92 Å². The smallest absolute Gasteiger partial charge is 0.336 e. The Labute approximate surface area is 107 Å². The zero-order chi connectivity index (χ0) is 15.1. The Morgan fingerprint density at radius 1 is 1.11 bits per heavy atom. The highest BCUT2D eigenvalue weighted by Crippen LogP contribution is 2.15. The lowest BCUT2D eigenvalue weighted by Gasteiger charge is -2.18. The molecule has 0 saturated carbocycles. The summed E-state index contributed by atoms with van der Waals surface area (Å²) in [5.41, 5.74) is -2.74. The molecule has 4 N–H and O–H groups in total. The van der Waals surface area contributed by atoms with E-state index in [0.717, 1.165) is 6.29 Å². The van der Waals surface area contributed by atoms with Gasteiger partial charge in [0.25, 0.3) is 0 Å². The number of ether oxygens (including phenoxy) is 1. The number of hydrogen-bond acceptors (Lipinski definition) is 6. The van der Waals surface area contributed by atoms with Gasteiger partial charge in [0.2, 0.25) is 0 Å². The molecule has 0 spiro atoms. The maximum atomic E-state index is 10.3. The number of aldehydes is 1. The molecule has 0 aliphatic carbocycles. The van der Waals surface area contributed by atoms with Crippen molar-refractivity contribution < 1.29 is 44.3 Å². The van der Waals surface area contributed by atoms with Crippen LogP contribution in [0.25, 0.3) is 0 Å². The van der Waals surface area contributed by atoms with Crippen LogP contribution in [-0.4, -0.2) is 63.4 Å². The summed E-state index contributed by atoms with van der Waals surface area (Å²) in [5, 5.41) is 33.8. The van der Waals surface area contributed by atoms with Gasteiger partial charge in [-0.15, -0.1) is 0 Å². The second-order valence-electron chi connectivity index (χ2n) is 3.91. The van der Waals surface area contributed by atoms with Crippen molar-refractivity contribution in [2.75, 3.05) is 13.2 Å². The highest BCUT2D eigenvalue weighted by molar-refractivity contribution is 5.88. The van der Waals surface area contributed by atoms with Gasteiger partial charge in [-0.1, -0.05) is 0 Å². The molecule has 1 saturated heterocycles. The number of aliphatic hydroxyl groups is 1.